The van der Waals surface area contributed by atoms with Crippen molar-refractivity contribution < 1.29 is 19.4 Å². The lowest BCUT2D eigenvalue weighted by Gasteiger charge is -2.28. The van der Waals surface area contributed by atoms with E-state index in [-0.39, 0.29) is 6.04 Å². The van der Waals surface area contributed by atoms with E-state index >= 15 is 0 Å². The van der Waals surface area contributed by atoms with Crippen LogP contribution in [0.1, 0.15) is 44.0 Å². The lowest BCUT2D eigenvalue weighted by atomic mass is 9.91. The van der Waals surface area contributed by atoms with Gasteiger partial charge < -0.3 is 14.6 Å². The van der Waals surface area contributed by atoms with Crippen molar-refractivity contribution in [3.63, 3.8) is 0 Å². The summed E-state index contributed by atoms with van der Waals surface area (Å²) in [4.78, 5) is 22.4. The van der Waals surface area contributed by atoms with Gasteiger partial charge in [-0.15, -0.1) is 11.3 Å². The predicted octanol–water partition coefficient (Wildman–Crippen LogP) is 8.52. The highest BCUT2D eigenvalue weighted by Gasteiger charge is 2.32. The van der Waals surface area contributed by atoms with Crippen molar-refractivity contribution in [2.45, 2.75) is 45.4 Å². The van der Waals surface area contributed by atoms with Gasteiger partial charge in [0, 0.05) is 45.1 Å². The summed E-state index contributed by atoms with van der Waals surface area (Å²) < 4.78 is 14.3. The fraction of sp³-hybridized carbons (Fsp3) is 0.257. The van der Waals surface area contributed by atoms with Crippen LogP contribution >= 0.6 is 22.9 Å². The van der Waals surface area contributed by atoms with Gasteiger partial charge in [-0.25, -0.2) is 9.78 Å². The average molecular weight is 639 g/mol. The number of hydrogen-bond acceptors (Lipinski definition) is 7. The second-order valence-corrected chi connectivity index (χ2v) is 13.7. The number of rotatable bonds is 7. The molecular formula is C35H31ClN4O4S. The van der Waals surface area contributed by atoms with Crippen molar-refractivity contribution in [2.75, 3.05) is 13.2 Å². The molecule has 0 amide bonds. The maximum atomic E-state index is 12.7. The minimum Gasteiger partial charge on any atom is -0.479 e. The number of hydrogen-bond donors (Lipinski definition) is 1. The first kappa shape index (κ1) is 29.6. The van der Waals surface area contributed by atoms with Crippen LogP contribution in [-0.4, -0.2) is 49.6 Å². The predicted molar refractivity (Wildman–Crippen MR) is 178 cm³/mol. The van der Waals surface area contributed by atoms with E-state index in [1.54, 1.807) is 6.20 Å². The molecule has 45 heavy (non-hydrogen) atoms. The third-order valence-electron chi connectivity index (χ3n) is 7.84. The number of halogens is 1. The lowest BCUT2D eigenvalue weighted by Crippen LogP contribution is -2.30. The maximum absolute atomic E-state index is 12.7. The molecule has 0 spiro atoms. The molecule has 4 heterocycles. The summed E-state index contributed by atoms with van der Waals surface area (Å²) >= 11 is 7.77. The zero-order chi connectivity index (χ0) is 31.5. The van der Waals surface area contributed by atoms with Gasteiger partial charge in [-0.1, -0.05) is 29.8 Å². The van der Waals surface area contributed by atoms with E-state index in [1.807, 2.05) is 87.0 Å². The Bertz CT molecular complexity index is 2080. The summed E-state index contributed by atoms with van der Waals surface area (Å²) in [5, 5.41) is 17.5. The number of benzene rings is 3. The van der Waals surface area contributed by atoms with Gasteiger partial charge in [0.1, 0.15) is 5.01 Å². The Morgan fingerprint density at radius 3 is 2.49 bits per heavy atom. The van der Waals surface area contributed by atoms with Gasteiger partial charge in [-0.2, -0.15) is 5.10 Å². The summed E-state index contributed by atoms with van der Waals surface area (Å²) in [5.41, 5.74) is 6.81. The molecule has 1 aliphatic rings. The number of carboxylic acid groups (broad SMARTS) is 1. The summed E-state index contributed by atoms with van der Waals surface area (Å²) in [6.45, 7) is 8.87. The quantitative estimate of drug-likeness (QED) is 0.187. The molecular weight excluding hydrogens is 608 g/mol. The summed E-state index contributed by atoms with van der Waals surface area (Å²) in [6, 6.07) is 19.9. The fourth-order valence-corrected chi connectivity index (χ4v) is 6.90. The molecule has 1 saturated heterocycles. The summed E-state index contributed by atoms with van der Waals surface area (Å²) in [7, 11) is 0. The topological polar surface area (TPSA) is 99.4 Å². The van der Waals surface area contributed by atoms with Gasteiger partial charge in [0.25, 0.3) is 0 Å². The number of ether oxygens (including phenoxy) is 2. The first-order valence-corrected chi connectivity index (χ1v) is 15.9. The van der Waals surface area contributed by atoms with Crippen LogP contribution in [0.2, 0.25) is 5.02 Å². The third-order valence-corrected chi connectivity index (χ3v) is 9.23. The highest BCUT2D eigenvalue weighted by Crippen LogP contribution is 2.44. The molecule has 228 valence electrons. The monoisotopic (exact) mass is 638 g/mol. The van der Waals surface area contributed by atoms with E-state index in [2.05, 4.69) is 17.2 Å². The number of nitrogens with zero attached hydrogens (tertiary/aromatic N) is 4. The minimum absolute atomic E-state index is 0.286. The van der Waals surface area contributed by atoms with E-state index in [4.69, 9.17) is 31.2 Å². The molecule has 1 N–H and O–H groups in total. The van der Waals surface area contributed by atoms with E-state index in [1.165, 1.54) is 11.3 Å². The van der Waals surface area contributed by atoms with Crippen LogP contribution in [0.4, 0.5) is 0 Å². The van der Waals surface area contributed by atoms with E-state index in [0.717, 1.165) is 59.6 Å². The molecule has 0 saturated carbocycles. The SMILES string of the molecule is Cc1cc2nc(-c3ccnc(-c4ccc5nn(C6COC6)cc5c4)c3)sc2c(-c2ccc(Cl)cc2)c1[C@H](OC(C)(C)C)C(=O)O. The van der Waals surface area contributed by atoms with Crippen LogP contribution in [0.5, 0.6) is 0 Å². The molecule has 0 radical (unpaired) electrons. The standard InChI is InChI=1S/C35H31ClN4O4S/c1-19-13-28-32(30(20-5-8-24(36)9-6-20)29(19)31(34(41)42)44-35(2,3)4)45-33(38-28)22-11-12-37-27(15-22)21-7-10-26-23(14-21)16-40(39-26)25-17-43-18-25/h5-16,25,31H,17-18H2,1-4H3,(H,41,42)/t31-/m0/s1. The van der Waals surface area contributed by atoms with Gasteiger partial charge in [0.05, 0.1) is 46.3 Å². The number of aryl methyl sites for hydroxylation is 1. The first-order valence-electron chi connectivity index (χ1n) is 14.7. The first-order chi connectivity index (χ1) is 21.5. The van der Waals surface area contributed by atoms with Gasteiger partial charge in [0.15, 0.2) is 6.10 Å². The lowest BCUT2D eigenvalue weighted by molar-refractivity contribution is -0.160. The van der Waals surface area contributed by atoms with Crippen LogP contribution < -0.4 is 0 Å². The van der Waals surface area contributed by atoms with Crippen molar-refractivity contribution in [3.05, 3.63) is 89.2 Å². The van der Waals surface area contributed by atoms with Crippen LogP contribution in [0.3, 0.4) is 0 Å². The minimum atomic E-state index is -1.17. The number of carbonyl (C=O) groups is 1. The van der Waals surface area contributed by atoms with Gasteiger partial charge >= 0.3 is 5.97 Å². The molecule has 1 aliphatic heterocycles. The Labute approximate surface area is 269 Å². The van der Waals surface area contributed by atoms with E-state index in [0.29, 0.717) is 23.8 Å². The average Bonchev–Trinajstić information content (AvgIpc) is 3.58. The number of aromatic nitrogens is 4. The zero-order valence-corrected chi connectivity index (χ0v) is 26.8. The van der Waals surface area contributed by atoms with Crippen molar-refractivity contribution in [2.24, 2.45) is 0 Å². The molecule has 0 bridgehead atoms. The molecule has 3 aromatic carbocycles. The second-order valence-electron chi connectivity index (χ2n) is 12.3. The highest BCUT2D eigenvalue weighted by molar-refractivity contribution is 7.22. The smallest absolute Gasteiger partial charge is 0.337 e. The van der Waals surface area contributed by atoms with Crippen molar-refractivity contribution in [1.82, 2.24) is 19.7 Å². The molecule has 6 aromatic rings. The fourth-order valence-electron chi connectivity index (χ4n) is 5.65. The summed E-state index contributed by atoms with van der Waals surface area (Å²) in [5.74, 6) is -1.05. The maximum Gasteiger partial charge on any atom is 0.337 e. The molecule has 8 nitrogen and oxygen atoms in total. The molecule has 1 atom stereocenters. The van der Waals surface area contributed by atoms with Crippen molar-refractivity contribution >= 4 is 50.0 Å². The normalized spacial score (nSPS) is 14.6. The van der Waals surface area contributed by atoms with Crippen LogP contribution in [0, 0.1) is 6.92 Å². The second kappa shape index (κ2) is 11.3. The Morgan fingerprint density at radius 2 is 1.80 bits per heavy atom. The van der Waals surface area contributed by atoms with Gasteiger partial charge in [0.2, 0.25) is 0 Å². The van der Waals surface area contributed by atoms with E-state index in [9.17, 15) is 9.90 Å². The van der Waals surface area contributed by atoms with Crippen molar-refractivity contribution in [1.29, 1.82) is 0 Å². The summed E-state index contributed by atoms with van der Waals surface area (Å²) in [6.07, 6.45) is 2.69. The molecule has 0 unspecified atom stereocenters. The zero-order valence-electron chi connectivity index (χ0n) is 25.2. The Morgan fingerprint density at radius 1 is 1.04 bits per heavy atom. The Kier molecular flexibility index (Phi) is 7.44. The number of pyridine rings is 1. The molecule has 10 heteroatoms. The number of aliphatic carboxylic acids is 1. The Hall–Kier alpha value is -4.15. The number of carboxylic acids is 1. The van der Waals surface area contributed by atoms with Crippen LogP contribution in [-0.2, 0) is 14.3 Å². The van der Waals surface area contributed by atoms with E-state index < -0.39 is 17.7 Å². The van der Waals surface area contributed by atoms with Crippen molar-refractivity contribution in [3.8, 4) is 33.0 Å². The Balaban J connectivity index is 1.34. The molecule has 1 fully saturated rings. The molecule has 0 aliphatic carbocycles. The largest absolute Gasteiger partial charge is 0.479 e. The number of thiazole rings is 1. The number of fused-ring (bicyclic) bond motifs is 2. The molecule has 3 aromatic heterocycles. The van der Waals surface area contributed by atoms with Gasteiger partial charge in [-0.3, -0.25) is 9.67 Å². The third kappa shape index (κ3) is 5.73. The van der Waals surface area contributed by atoms with Gasteiger partial charge in [-0.05, 0) is 81.3 Å². The van der Waals surface area contributed by atoms with Crippen LogP contribution in [0.25, 0.3) is 54.1 Å². The van der Waals surface area contributed by atoms with Crippen LogP contribution in [0.15, 0.2) is 73.1 Å². The molecule has 7 rings (SSSR count). The highest BCUT2D eigenvalue weighted by atomic mass is 35.5.